The van der Waals surface area contributed by atoms with E-state index in [4.69, 9.17) is 16.3 Å². The molecule has 2 aromatic rings. The van der Waals surface area contributed by atoms with Crippen LogP contribution in [0.1, 0.15) is 55.5 Å². The fourth-order valence-electron chi connectivity index (χ4n) is 2.73. The van der Waals surface area contributed by atoms with Gasteiger partial charge in [0.1, 0.15) is 16.8 Å². The van der Waals surface area contributed by atoms with Crippen molar-refractivity contribution in [2.45, 2.75) is 39.3 Å². The Morgan fingerprint density at radius 2 is 1.93 bits per heavy atom. The van der Waals surface area contributed by atoms with Crippen LogP contribution in [0.2, 0.25) is 5.15 Å². The van der Waals surface area contributed by atoms with Gasteiger partial charge in [-0.05, 0) is 23.5 Å². The van der Waals surface area contributed by atoms with E-state index in [1.807, 2.05) is 19.9 Å². The zero-order valence-corrected chi connectivity index (χ0v) is 17.0. The van der Waals surface area contributed by atoms with Crippen molar-refractivity contribution in [1.29, 1.82) is 5.26 Å². The number of carbonyl (C=O) groups excluding carboxylic acids is 1. The second kappa shape index (κ2) is 8.70. The van der Waals surface area contributed by atoms with Crippen LogP contribution in [-0.2, 0) is 22.8 Å². The largest absolute Gasteiger partial charge is 0.435 e. The summed E-state index contributed by atoms with van der Waals surface area (Å²) in [6.45, 7) is 5.09. The molecule has 0 radical (unpaired) electrons. The molecule has 0 spiro atoms. The number of aromatic nitrogens is 2. The first-order chi connectivity index (χ1) is 13.5. The predicted octanol–water partition coefficient (Wildman–Crippen LogP) is 5.56. The summed E-state index contributed by atoms with van der Waals surface area (Å²) >= 11 is 6.04. The molecule has 0 aliphatic heterocycles. The van der Waals surface area contributed by atoms with Gasteiger partial charge in [-0.3, -0.25) is 9.48 Å². The monoisotopic (exact) mass is 425 g/mol. The summed E-state index contributed by atoms with van der Waals surface area (Å²) in [5.74, 6) is -1.20. The molecule has 0 fully saturated rings. The van der Waals surface area contributed by atoms with Gasteiger partial charge in [0.25, 0.3) is 0 Å². The third-order valence-corrected chi connectivity index (χ3v) is 4.87. The van der Waals surface area contributed by atoms with E-state index < -0.39 is 34.3 Å². The minimum atomic E-state index is -4.87. The van der Waals surface area contributed by atoms with E-state index in [1.165, 1.54) is 7.05 Å². The molecule has 1 unspecified atom stereocenters. The van der Waals surface area contributed by atoms with Gasteiger partial charge in [0, 0.05) is 14.0 Å². The lowest BCUT2D eigenvalue weighted by Gasteiger charge is -2.14. The quantitative estimate of drug-likeness (QED) is 0.357. The average Bonchev–Trinajstić information content (AvgIpc) is 2.96. The smallest absolute Gasteiger partial charge is 0.424 e. The maximum atomic E-state index is 13.5. The minimum absolute atomic E-state index is 0.253. The molecule has 0 amide bonds. The first-order valence-electron chi connectivity index (χ1n) is 8.74. The number of aryl methyl sites for hydroxylation is 1. The summed E-state index contributed by atoms with van der Waals surface area (Å²) in [5, 5.41) is 12.7. The first kappa shape index (κ1) is 22.5. The summed E-state index contributed by atoms with van der Waals surface area (Å²) in [6, 6.07) is 8.60. The maximum absolute atomic E-state index is 13.5. The van der Waals surface area contributed by atoms with Gasteiger partial charge in [-0.2, -0.15) is 23.5 Å². The lowest BCUT2D eigenvalue weighted by molar-refractivity contribution is -0.142. The first-order valence-corrected chi connectivity index (χ1v) is 9.12. The Balaban J connectivity index is 2.78. The summed E-state index contributed by atoms with van der Waals surface area (Å²) in [4.78, 5) is 11.6. The second-order valence-electron chi connectivity index (χ2n) is 6.48. The van der Waals surface area contributed by atoms with E-state index in [1.54, 1.807) is 24.3 Å². The van der Waals surface area contributed by atoms with Crippen LogP contribution in [-0.4, -0.2) is 15.7 Å². The van der Waals surface area contributed by atoms with Crippen molar-refractivity contribution in [3.63, 3.8) is 0 Å². The molecule has 0 aliphatic rings. The molecule has 29 heavy (non-hydrogen) atoms. The van der Waals surface area contributed by atoms with E-state index in [2.05, 4.69) is 5.10 Å². The molecule has 1 aromatic heterocycles. The molecule has 0 aliphatic carbocycles. The second-order valence-corrected chi connectivity index (χ2v) is 6.83. The standard InChI is InChI=1S/C20H19ClF3N3O2/c1-5-11(2)13-6-8-14(9-7-13)15(10-25)17(29-12(3)28)16-18(20(22,23)24)26-27(4)19(16)21/h6-9,11H,5H2,1-4H3. The van der Waals surface area contributed by atoms with Crippen LogP contribution >= 0.6 is 11.6 Å². The highest BCUT2D eigenvalue weighted by molar-refractivity contribution is 6.31. The molecule has 0 saturated carbocycles. The Bertz CT molecular complexity index is 986. The van der Waals surface area contributed by atoms with Gasteiger partial charge in [-0.1, -0.05) is 49.7 Å². The number of nitrogens with zero attached hydrogens (tertiary/aromatic N) is 3. The van der Waals surface area contributed by atoms with Crippen molar-refractivity contribution in [2.24, 2.45) is 7.05 Å². The molecule has 0 saturated heterocycles. The molecule has 1 heterocycles. The lowest BCUT2D eigenvalue weighted by Crippen LogP contribution is -2.11. The Kier molecular flexibility index (Phi) is 6.75. The Morgan fingerprint density at radius 1 is 1.34 bits per heavy atom. The van der Waals surface area contributed by atoms with E-state index in [0.717, 1.165) is 23.6 Å². The molecule has 0 bridgehead atoms. The number of benzene rings is 1. The number of esters is 1. The molecule has 2 rings (SSSR count). The Labute approximate surface area is 171 Å². The van der Waals surface area contributed by atoms with E-state index in [-0.39, 0.29) is 11.5 Å². The number of allylic oxidation sites excluding steroid dienone is 1. The van der Waals surface area contributed by atoms with Crippen LogP contribution in [0.25, 0.3) is 11.3 Å². The zero-order chi connectivity index (χ0) is 21.9. The molecule has 154 valence electrons. The summed E-state index contributed by atoms with van der Waals surface area (Å²) < 4.78 is 46.4. The van der Waals surface area contributed by atoms with E-state index >= 15 is 0 Å². The van der Waals surface area contributed by atoms with E-state index in [0.29, 0.717) is 5.56 Å². The summed E-state index contributed by atoms with van der Waals surface area (Å²) in [7, 11) is 1.22. The maximum Gasteiger partial charge on any atom is 0.435 e. The van der Waals surface area contributed by atoms with Gasteiger partial charge in [-0.25, -0.2) is 0 Å². The summed E-state index contributed by atoms with van der Waals surface area (Å²) in [6.07, 6.45) is -3.97. The molecular formula is C20H19ClF3N3O2. The van der Waals surface area contributed by atoms with Crippen molar-refractivity contribution in [3.05, 3.63) is 51.8 Å². The predicted molar refractivity (Wildman–Crippen MR) is 103 cm³/mol. The molecule has 0 N–H and O–H groups in total. The molecule has 9 heteroatoms. The number of nitriles is 1. The number of rotatable bonds is 5. The van der Waals surface area contributed by atoms with Crippen LogP contribution < -0.4 is 0 Å². The van der Waals surface area contributed by atoms with Gasteiger partial charge in [0.2, 0.25) is 0 Å². The number of halogens is 4. The number of hydrogen-bond donors (Lipinski definition) is 0. The molecule has 1 atom stereocenters. The topological polar surface area (TPSA) is 67.9 Å². The van der Waals surface area contributed by atoms with Crippen molar-refractivity contribution in [3.8, 4) is 6.07 Å². The highest BCUT2D eigenvalue weighted by Gasteiger charge is 2.41. The average molecular weight is 426 g/mol. The van der Waals surface area contributed by atoms with Gasteiger partial charge >= 0.3 is 12.1 Å². The summed E-state index contributed by atoms with van der Waals surface area (Å²) in [5.41, 5.74) is -0.942. The zero-order valence-electron chi connectivity index (χ0n) is 16.3. The van der Waals surface area contributed by atoms with Crippen molar-refractivity contribution in [1.82, 2.24) is 9.78 Å². The van der Waals surface area contributed by atoms with Crippen LogP contribution in [0.5, 0.6) is 0 Å². The number of hydrogen-bond acceptors (Lipinski definition) is 4. The van der Waals surface area contributed by atoms with Crippen molar-refractivity contribution >= 4 is 28.9 Å². The third-order valence-electron chi connectivity index (χ3n) is 4.44. The van der Waals surface area contributed by atoms with Crippen LogP contribution in [0.15, 0.2) is 24.3 Å². The van der Waals surface area contributed by atoms with Gasteiger partial charge < -0.3 is 4.74 Å². The minimum Gasteiger partial charge on any atom is -0.424 e. The van der Waals surface area contributed by atoms with Gasteiger partial charge in [0.15, 0.2) is 11.5 Å². The van der Waals surface area contributed by atoms with Crippen molar-refractivity contribution < 1.29 is 22.7 Å². The molecule has 1 aromatic carbocycles. The third kappa shape index (κ3) is 4.80. The highest BCUT2D eigenvalue weighted by Crippen LogP contribution is 2.41. The van der Waals surface area contributed by atoms with Crippen LogP contribution in [0, 0.1) is 11.3 Å². The number of ether oxygens (including phenoxy) is 1. The molecular weight excluding hydrogens is 407 g/mol. The number of alkyl halides is 3. The van der Waals surface area contributed by atoms with Crippen molar-refractivity contribution in [2.75, 3.05) is 0 Å². The Hall–Kier alpha value is -2.79. The van der Waals surface area contributed by atoms with Gasteiger partial charge in [0.05, 0.1) is 5.56 Å². The lowest BCUT2D eigenvalue weighted by atomic mass is 9.95. The SMILES string of the molecule is CCC(C)c1ccc(C(C#N)=C(OC(C)=O)c2c(C(F)(F)F)nn(C)c2Cl)cc1. The molecule has 5 nitrogen and oxygen atoms in total. The van der Waals surface area contributed by atoms with Gasteiger partial charge in [-0.15, -0.1) is 0 Å². The highest BCUT2D eigenvalue weighted by atomic mass is 35.5. The number of carbonyl (C=O) groups is 1. The van der Waals surface area contributed by atoms with E-state index in [9.17, 15) is 23.2 Å². The fourth-order valence-corrected chi connectivity index (χ4v) is 2.95. The Morgan fingerprint density at radius 3 is 2.38 bits per heavy atom. The normalized spacial score (nSPS) is 13.5. The fraction of sp³-hybridized carbons (Fsp3) is 0.350. The van der Waals surface area contributed by atoms with Crippen LogP contribution in [0.3, 0.4) is 0 Å². The van der Waals surface area contributed by atoms with Crippen LogP contribution in [0.4, 0.5) is 13.2 Å².